The molecule has 0 heterocycles. The van der Waals surface area contributed by atoms with Crippen molar-refractivity contribution >= 4 is 37.5 Å². The molecule has 0 atom stereocenters. The maximum absolute atomic E-state index is 5.72. The van der Waals surface area contributed by atoms with Crippen molar-refractivity contribution in [2.45, 2.75) is 0 Å². The molecule has 0 amide bonds. The summed E-state index contributed by atoms with van der Waals surface area (Å²) in [5, 5.41) is 4.61. The van der Waals surface area contributed by atoms with E-state index in [1.54, 1.807) is 14.2 Å². The highest BCUT2D eigenvalue weighted by atomic mass is 79.9. The van der Waals surface area contributed by atoms with Crippen molar-refractivity contribution in [1.82, 2.24) is 0 Å². The second-order valence-electron chi connectivity index (χ2n) is 5.87. The Hall–Kier alpha value is -2.52. The van der Waals surface area contributed by atoms with E-state index in [1.807, 2.05) is 12.1 Å². The summed E-state index contributed by atoms with van der Waals surface area (Å²) < 4.78 is 12.5. The van der Waals surface area contributed by atoms with Crippen LogP contribution in [0.25, 0.3) is 32.7 Å². The standard InChI is InChI=1S/C22H17BrO2/c1-24-19-11-7-14-5-3-4-6-17(14)21(19)22-18-10-9-16(23)13-15(18)8-12-20(22)25-2/h3-13H,1-2H3. The molecule has 0 radical (unpaired) electrons. The molecule has 4 aromatic carbocycles. The minimum Gasteiger partial charge on any atom is -0.496 e. The summed E-state index contributed by atoms with van der Waals surface area (Å²) >= 11 is 3.56. The Balaban J connectivity index is 2.19. The van der Waals surface area contributed by atoms with Gasteiger partial charge in [0.2, 0.25) is 0 Å². The van der Waals surface area contributed by atoms with E-state index in [1.165, 1.54) is 5.39 Å². The number of methoxy groups -OCH3 is 2. The Morgan fingerprint density at radius 3 is 1.92 bits per heavy atom. The lowest BCUT2D eigenvalue weighted by atomic mass is 9.92. The van der Waals surface area contributed by atoms with Crippen LogP contribution in [0.15, 0.2) is 71.2 Å². The first kappa shape index (κ1) is 16.0. The van der Waals surface area contributed by atoms with Crippen LogP contribution in [-0.2, 0) is 0 Å². The lowest BCUT2D eigenvalue weighted by Gasteiger charge is -2.17. The highest BCUT2D eigenvalue weighted by molar-refractivity contribution is 9.10. The molecule has 0 spiro atoms. The number of hydrogen-bond donors (Lipinski definition) is 0. The zero-order valence-corrected chi connectivity index (χ0v) is 15.6. The van der Waals surface area contributed by atoms with Gasteiger partial charge in [0.25, 0.3) is 0 Å². The molecule has 0 aliphatic rings. The van der Waals surface area contributed by atoms with Gasteiger partial charge >= 0.3 is 0 Å². The summed E-state index contributed by atoms with van der Waals surface area (Å²) in [6.45, 7) is 0. The van der Waals surface area contributed by atoms with E-state index in [0.717, 1.165) is 43.3 Å². The summed E-state index contributed by atoms with van der Waals surface area (Å²) in [5.41, 5.74) is 2.12. The van der Waals surface area contributed by atoms with Gasteiger partial charge in [-0.1, -0.05) is 58.4 Å². The van der Waals surface area contributed by atoms with Crippen LogP contribution >= 0.6 is 15.9 Å². The molecule has 0 bridgehead atoms. The quantitative estimate of drug-likeness (QED) is 0.399. The minimum atomic E-state index is 0.837. The molecule has 0 saturated heterocycles. The molecule has 0 fully saturated rings. The molecule has 0 aromatic heterocycles. The topological polar surface area (TPSA) is 18.5 Å². The van der Waals surface area contributed by atoms with Crippen LogP contribution in [0.2, 0.25) is 0 Å². The molecule has 3 heteroatoms. The van der Waals surface area contributed by atoms with Crippen molar-refractivity contribution in [2.24, 2.45) is 0 Å². The third kappa shape index (κ3) is 2.65. The predicted molar refractivity (Wildman–Crippen MR) is 108 cm³/mol. The molecule has 0 N–H and O–H groups in total. The van der Waals surface area contributed by atoms with Crippen LogP contribution in [0, 0.1) is 0 Å². The van der Waals surface area contributed by atoms with Gasteiger partial charge in [-0.25, -0.2) is 0 Å². The first-order chi connectivity index (χ1) is 12.2. The van der Waals surface area contributed by atoms with E-state index in [9.17, 15) is 0 Å². The number of rotatable bonds is 3. The third-order valence-electron chi connectivity index (χ3n) is 4.52. The zero-order chi connectivity index (χ0) is 17.4. The van der Waals surface area contributed by atoms with Crippen LogP contribution in [0.3, 0.4) is 0 Å². The molecule has 0 saturated carbocycles. The lowest BCUT2D eigenvalue weighted by molar-refractivity contribution is 0.411. The Bertz CT molecular complexity index is 1090. The van der Waals surface area contributed by atoms with Crippen LogP contribution in [0.1, 0.15) is 0 Å². The summed E-state index contributed by atoms with van der Waals surface area (Å²) in [7, 11) is 3.42. The normalized spacial score (nSPS) is 11.0. The minimum absolute atomic E-state index is 0.837. The van der Waals surface area contributed by atoms with E-state index in [0.29, 0.717) is 0 Å². The molecule has 124 valence electrons. The third-order valence-corrected chi connectivity index (χ3v) is 5.02. The van der Waals surface area contributed by atoms with Crippen LogP contribution < -0.4 is 9.47 Å². The SMILES string of the molecule is COc1ccc2ccccc2c1-c1c(OC)ccc2cc(Br)ccc12. The van der Waals surface area contributed by atoms with Crippen molar-refractivity contribution in [2.75, 3.05) is 14.2 Å². The number of fused-ring (bicyclic) bond motifs is 2. The van der Waals surface area contributed by atoms with Crippen molar-refractivity contribution in [3.8, 4) is 22.6 Å². The lowest BCUT2D eigenvalue weighted by Crippen LogP contribution is -1.94. The molecule has 4 rings (SSSR count). The first-order valence-electron chi connectivity index (χ1n) is 8.05. The summed E-state index contributed by atoms with van der Waals surface area (Å²) in [6.07, 6.45) is 0. The Labute approximate surface area is 155 Å². The van der Waals surface area contributed by atoms with Gasteiger partial charge in [0.15, 0.2) is 0 Å². The molecule has 0 aliphatic carbocycles. The highest BCUT2D eigenvalue weighted by Crippen LogP contribution is 2.45. The van der Waals surface area contributed by atoms with Crippen LogP contribution in [-0.4, -0.2) is 14.2 Å². The fourth-order valence-corrected chi connectivity index (χ4v) is 3.77. The van der Waals surface area contributed by atoms with Crippen molar-refractivity contribution in [1.29, 1.82) is 0 Å². The maximum Gasteiger partial charge on any atom is 0.127 e. The first-order valence-corrected chi connectivity index (χ1v) is 8.84. The molecular formula is C22H17BrO2. The van der Waals surface area contributed by atoms with Crippen LogP contribution in [0.5, 0.6) is 11.5 Å². The van der Waals surface area contributed by atoms with Gasteiger partial charge in [-0.05, 0) is 45.8 Å². The summed E-state index contributed by atoms with van der Waals surface area (Å²) in [6, 6.07) is 22.9. The fraction of sp³-hybridized carbons (Fsp3) is 0.0909. The van der Waals surface area contributed by atoms with Crippen molar-refractivity contribution in [3.63, 3.8) is 0 Å². The highest BCUT2D eigenvalue weighted by Gasteiger charge is 2.18. The Kier molecular flexibility index (Phi) is 4.10. The van der Waals surface area contributed by atoms with Gasteiger partial charge in [0.05, 0.1) is 14.2 Å². The number of hydrogen-bond acceptors (Lipinski definition) is 2. The molecule has 2 nitrogen and oxygen atoms in total. The Morgan fingerprint density at radius 1 is 0.640 bits per heavy atom. The number of halogens is 1. The number of ether oxygens (including phenoxy) is 2. The monoisotopic (exact) mass is 392 g/mol. The number of benzene rings is 4. The maximum atomic E-state index is 5.72. The smallest absolute Gasteiger partial charge is 0.127 e. The van der Waals surface area contributed by atoms with Crippen molar-refractivity contribution < 1.29 is 9.47 Å². The van der Waals surface area contributed by atoms with Gasteiger partial charge in [-0.3, -0.25) is 0 Å². The molecule has 0 unspecified atom stereocenters. The zero-order valence-electron chi connectivity index (χ0n) is 14.0. The van der Waals surface area contributed by atoms with E-state index < -0.39 is 0 Å². The van der Waals surface area contributed by atoms with E-state index in [4.69, 9.17) is 9.47 Å². The second kappa shape index (κ2) is 6.41. The van der Waals surface area contributed by atoms with E-state index in [-0.39, 0.29) is 0 Å². The van der Waals surface area contributed by atoms with Gasteiger partial charge in [0.1, 0.15) is 11.5 Å². The van der Waals surface area contributed by atoms with E-state index >= 15 is 0 Å². The molecular weight excluding hydrogens is 376 g/mol. The largest absolute Gasteiger partial charge is 0.496 e. The Morgan fingerprint density at radius 2 is 1.24 bits per heavy atom. The average Bonchev–Trinajstić information content (AvgIpc) is 2.66. The summed E-state index contributed by atoms with van der Waals surface area (Å²) in [4.78, 5) is 0. The van der Waals surface area contributed by atoms with Crippen LogP contribution in [0.4, 0.5) is 0 Å². The molecule has 4 aromatic rings. The van der Waals surface area contributed by atoms with Gasteiger partial charge in [-0.15, -0.1) is 0 Å². The fourth-order valence-electron chi connectivity index (χ4n) is 3.39. The molecule has 25 heavy (non-hydrogen) atoms. The van der Waals surface area contributed by atoms with Crippen molar-refractivity contribution in [3.05, 3.63) is 71.2 Å². The van der Waals surface area contributed by atoms with E-state index in [2.05, 4.69) is 70.5 Å². The summed E-state index contributed by atoms with van der Waals surface area (Å²) in [5.74, 6) is 1.68. The predicted octanol–water partition coefficient (Wildman–Crippen LogP) is 6.44. The molecule has 0 aliphatic heterocycles. The van der Waals surface area contributed by atoms with Gasteiger partial charge < -0.3 is 9.47 Å². The average molecular weight is 393 g/mol. The second-order valence-corrected chi connectivity index (χ2v) is 6.79. The van der Waals surface area contributed by atoms with Gasteiger partial charge in [0, 0.05) is 15.6 Å². The van der Waals surface area contributed by atoms with Gasteiger partial charge in [-0.2, -0.15) is 0 Å².